The molecule has 0 radical (unpaired) electrons. The summed E-state index contributed by atoms with van der Waals surface area (Å²) in [5.41, 5.74) is 0.130. The molecule has 21 heavy (non-hydrogen) atoms. The zero-order valence-electron chi connectivity index (χ0n) is 13.3. The maximum absolute atomic E-state index is 11.2. The maximum atomic E-state index is 11.2. The number of rotatable bonds is 6. The first-order chi connectivity index (χ1) is 10.1. The van der Waals surface area contributed by atoms with Crippen molar-refractivity contribution < 1.29 is 14.6 Å². The summed E-state index contributed by atoms with van der Waals surface area (Å²) in [6.07, 6.45) is 0.341. The quantitative estimate of drug-likeness (QED) is 0.842. The van der Waals surface area contributed by atoms with Gasteiger partial charge in [-0.3, -0.25) is 0 Å². The molecule has 2 rings (SSSR count). The standard InChI is InChI=1S/C17H27NO3/c1-4-20-15-8-6-5-7-14(15)11-17(19,13(2)3)16-12-18-9-10-21-16/h5-8,13,16,18-19H,4,9-12H2,1-3H3. The molecule has 118 valence electrons. The van der Waals surface area contributed by atoms with Crippen LogP contribution in [0.2, 0.25) is 0 Å². The van der Waals surface area contributed by atoms with Gasteiger partial charge in [0.15, 0.2) is 0 Å². The Hall–Kier alpha value is -1.10. The molecule has 1 aliphatic rings. The third kappa shape index (κ3) is 3.76. The number of benzene rings is 1. The highest BCUT2D eigenvalue weighted by Crippen LogP contribution is 2.32. The fourth-order valence-electron chi connectivity index (χ4n) is 2.83. The number of ether oxygens (including phenoxy) is 2. The van der Waals surface area contributed by atoms with Crippen LogP contribution in [0.5, 0.6) is 5.75 Å². The summed E-state index contributed by atoms with van der Waals surface area (Å²) in [6.45, 7) is 8.86. The summed E-state index contributed by atoms with van der Waals surface area (Å²) >= 11 is 0. The second-order valence-corrected chi connectivity index (χ2v) is 5.93. The van der Waals surface area contributed by atoms with Crippen LogP contribution in [0.4, 0.5) is 0 Å². The van der Waals surface area contributed by atoms with E-state index in [0.29, 0.717) is 26.2 Å². The predicted molar refractivity (Wildman–Crippen MR) is 83.7 cm³/mol. The minimum absolute atomic E-state index is 0.0945. The van der Waals surface area contributed by atoms with E-state index < -0.39 is 5.60 Å². The number of hydrogen-bond donors (Lipinski definition) is 2. The van der Waals surface area contributed by atoms with Crippen molar-refractivity contribution in [3.63, 3.8) is 0 Å². The molecule has 0 aliphatic carbocycles. The van der Waals surface area contributed by atoms with E-state index in [4.69, 9.17) is 9.47 Å². The fourth-order valence-corrected chi connectivity index (χ4v) is 2.83. The second kappa shape index (κ2) is 7.25. The molecule has 4 heteroatoms. The molecule has 2 unspecified atom stereocenters. The molecule has 2 N–H and O–H groups in total. The molecule has 0 aromatic heterocycles. The van der Waals surface area contributed by atoms with Crippen LogP contribution in [-0.4, -0.2) is 43.1 Å². The molecular weight excluding hydrogens is 266 g/mol. The van der Waals surface area contributed by atoms with Gasteiger partial charge in [-0.1, -0.05) is 32.0 Å². The van der Waals surface area contributed by atoms with Crippen molar-refractivity contribution in [2.45, 2.75) is 38.9 Å². The number of hydrogen-bond acceptors (Lipinski definition) is 4. The first kappa shape index (κ1) is 16.3. The summed E-state index contributed by atoms with van der Waals surface area (Å²) in [4.78, 5) is 0. The lowest BCUT2D eigenvalue weighted by Gasteiger charge is -2.41. The van der Waals surface area contributed by atoms with Crippen molar-refractivity contribution in [1.29, 1.82) is 0 Å². The van der Waals surface area contributed by atoms with E-state index in [9.17, 15) is 5.11 Å². The minimum Gasteiger partial charge on any atom is -0.494 e. The number of morpholine rings is 1. The zero-order chi connectivity index (χ0) is 15.3. The molecule has 1 heterocycles. The number of nitrogens with one attached hydrogen (secondary N) is 1. The van der Waals surface area contributed by atoms with Crippen LogP contribution >= 0.6 is 0 Å². The van der Waals surface area contributed by atoms with Crippen molar-refractivity contribution in [3.05, 3.63) is 29.8 Å². The van der Waals surface area contributed by atoms with E-state index >= 15 is 0 Å². The van der Waals surface area contributed by atoms with Gasteiger partial charge in [-0.15, -0.1) is 0 Å². The molecule has 4 nitrogen and oxygen atoms in total. The Morgan fingerprint density at radius 3 is 2.81 bits per heavy atom. The Kier molecular flexibility index (Phi) is 5.62. The summed E-state index contributed by atoms with van der Waals surface area (Å²) < 4.78 is 11.5. The van der Waals surface area contributed by atoms with E-state index in [1.54, 1.807) is 0 Å². The number of para-hydroxylation sites is 1. The molecule has 1 aliphatic heterocycles. The summed E-state index contributed by atoms with van der Waals surface area (Å²) in [6, 6.07) is 7.92. The van der Waals surface area contributed by atoms with E-state index in [1.165, 1.54) is 0 Å². The summed E-state index contributed by atoms with van der Waals surface area (Å²) in [5.74, 6) is 0.944. The fraction of sp³-hybridized carbons (Fsp3) is 0.647. The van der Waals surface area contributed by atoms with Gasteiger partial charge in [0.1, 0.15) is 5.75 Å². The van der Waals surface area contributed by atoms with Crippen LogP contribution in [0.15, 0.2) is 24.3 Å². The van der Waals surface area contributed by atoms with Gasteiger partial charge in [0.2, 0.25) is 0 Å². The van der Waals surface area contributed by atoms with Crippen LogP contribution < -0.4 is 10.1 Å². The average Bonchev–Trinajstić information content (AvgIpc) is 2.50. The average molecular weight is 293 g/mol. The molecule has 0 spiro atoms. The minimum atomic E-state index is -0.902. The Morgan fingerprint density at radius 1 is 1.43 bits per heavy atom. The van der Waals surface area contributed by atoms with Crippen molar-refractivity contribution in [1.82, 2.24) is 5.32 Å². The van der Waals surface area contributed by atoms with Gasteiger partial charge in [-0.25, -0.2) is 0 Å². The second-order valence-electron chi connectivity index (χ2n) is 5.93. The lowest BCUT2D eigenvalue weighted by Crippen LogP contribution is -2.57. The van der Waals surface area contributed by atoms with E-state index in [-0.39, 0.29) is 12.0 Å². The topological polar surface area (TPSA) is 50.7 Å². The van der Waals surface area contributed by atoms with Gasteiger partial charge in [-0.2, -0.15) is 0 Å². The van der Waals surface area contributed by atoms with Crippen molar-refractivity contribution in [2.75, 3.05) is 26.3 Å². The van der Waals surface area contributed by atoms with Gasteiger partial charge in [0.05, 0.1) is 24.9 Å². The van der Waals surface area contributed by atoms with Gasteiger partial charge >= 0.3 is 0 Å². The molecule has 0 bridgehead atoms. The van der Waals surface area contributed by atoms with E-state index in [1.807, 2.05) is 45.0 Å². The van der Waals surface area contributed by atoms with Crippen molar-refractivity contribution in [3.8, 4) is 5.75 Å². The van der Waals surface area contributed by atoms with Crippen molar-refractivity contribution in [2.24, 2.45) is 5.92 Å². The first-order valence-corrected chi connectivity index (χ1v) is 7.83. The molecule has 1 aromatic carbocycles. The smallest absolute Gasteiger partial charge is 0.122 e. The molecule has 2 atom stereocenters. The Labute approximate surface area is 127 Å². The Bertz CT molecular complexity index is 443. The molecule has 0 amide bonds. The summed E-state index contributed by atoms with van der Waals surface area (Å²) in [5, 5.41) is 14.5. The van der Waals surface area contributed by atoms with Crippen LogP contribution in [0.1, 0.15) is 26.3 Å². The highest BCUT2D eigenvalue weighted by Gasteiger charge is 2.42. The SMILES string of the molecule is CCOc1ccccc1CC(O)(C(C)C)C1CNCCO1. The van der Waals surface area contributed by atoms with Gasteiger partial charge in [-0.05, 0) is 24.5 Å². The molecular formula is C17H27NO3. The van der Waals surface area contributed by atoms with Crippen LogP contribution in [-0.2, 0) is 11.2 Å². The third-order valence-electron chi connectivity index (χ3n) is 4.23. The molecule has 0 saturated carbocycles. The lowest BCUT2D eigenvalue weighted by molar-refractivity contribution is -0.141. The monoisotopic (exact) mass is 293 g/mol. The van der Waals surface area contributed by atoms with Crippen LogP contribution in [0.3, 0.4) is 0 Å². The van der Waals surface area contributed by atoms with E-state index in [0.717, 1.165) is 17.9 Å². The van der Waals surface area contributed by atoms with Gasteiger partial charge in [0, 0.05) is 19.5 Å². The molecule has 1 fully saturated rings. The van der Waals surface area contributed by atoms with Crippen molar-refractivity contribution >= 4 is 0 Å². The number of aliphatic hydroxyl groups is 1. The zero-order valence-corrected chi connectivity index (χ0v) is 13.3. The highest BCUT2D eigenvalue weighted by atomic mass is 16.5. The van der Waals surface area contributed by atoms with Gasteiger partial charge < -0.3 is 19.9 Å². The van der Waals surface area contributed by atoms with Crippen LogP contribution in [0.25, 0.3) is 0 Å². The Morgan fingerprint density at radius 2 is 2.19 bits per heavy atom. The van der Waals surface area contributed by atoms with Crippen LogP contribution in [0, 0.1) is 5.92 Å². The lowest BCUT2D eigenvalue weighted by atomic mass is 9.79. The van der Waals surface area contributed by atoms with Gasteiger partial charge in [0.25, 0.3) is 0 Å². The normalized spacial score (nSPS) is 22.0. The largest absolute Gasteiger partial charge is 0.494 e. The highest BCUT2D eigenvalue weighted by molar-refractivity contribution is 5.35. The molecule has 1 saturated heterocycles. The first-order valence-electron chi connectivity index (χ1n) is 7.83. The predicted octanol–water partition coefficient (Wildman–Crippen LogP) is 2.00. The maximum Gasteiger partial charge on any atom is 0.122 e. The summed E-state index contributed by atoms with van der Waals surface area (Å²) in [7, 11) is 0. The molecule has 1 aromatic rings. The third-order valence-corrected chi connectivity index (χ3v) is 4.23. The van der Waals surface area contributed by atoms with E-state index in [2.05, 4.69) is 5.32 Å². The Balaban J connectivity index is 2.23.